The fraction of sp³-hybridized carbons (Fsp3) is 0.364. The zero-order valence-electron chi connectivity index (χ0n) is 19.7. The van der Waals surface area contributed by atoms with Crippen LogP contribution in [0.25, 0.3) is 32.6 Å². The van der Waals surface area contributed by atoms with Crippen LogP contribution in [0.15, 0.2) is 35.6 Å². The quantitative estimate of drug-likeness (QED) is 0.193. The minimum atomic E-state index is -0.439. The smallest absolute Gasteiger partial charge is 0.320 e. The van der Waals surface area contributed by atoms with Gasteiger partial charge in [-0.1, -0.05) is 5.11 Å². The molecular weight excluding hydrogens is 438 g/mol. The summed E-state index contributed by atoms with van der Waals surface area (Å²) < 4.78 is 10.8. The molecule has 1 aromatic carbocycles. The third kappa shape index (κ3) is 6.36. The zero-order chi connectivity index (χ0) is 24.7. The van der Waals surface area contributed by atoms with Crippen molar-refractivity contribution in [1.82, 2.24) is 20.3 Å². The van der Waals surface area contributed by atoms with E-state index in [0.717, 1.165) is 5.56 Å². The lowest BCUT2D eigenvalue weighted by Gasteiger charge is -2.21. The molecule has 2 aromatic heterocycles. The average Bonchev–Trinajstić information content (AvgIpc) is 2.79. The van der Waals surface area contributed by atoms with Crippen LogP contribution in [0.4, 0.5) is 16.6 Å². The summed E-state index contributed by atoms with van der Waals surface area (Å²) in [4.78, 5) is 28.7. The Balaban J connectivity index is 2.08. The van der Waals surface area contributed by atoms with Gasteiger partial charge < -0.3 is 20.1 Å². The summed E-state index contributed by atoms with van der Waals surface area (Å²) in [5, 5.41) is 12.8. The first-order valence-corrected chi connectivity index (χ1v) is 10.5. The van der Waals surface area contributed by atoms with Gasteiger partial charge in [0, 0.05) is 46.8 Å². The molecule has 3 rings (SSSR count). The van der Waals surface area contributed by atoms with Gasteiger partial charge in [0.05, 0.1) is 14.2 Å². The molecule has 0 atom stereocenters. The number of aromatic nitrogens is 3. The first-order chi connectivity index (χ1) is 16.2. The maximum absolute atomic E-state index is 12.7. The number of pyridine rings is 1. The van der Waals surface area contributed by atoms with Crippen molar-refractivity contribution < 1.29 is 14.3 Å². The molecule has 12 heteroatoms. The Morgan fingerprint density at radius 2 is 1.82 bits per heavy atom. The summed E-state index contributed by atoms with van der Waals surface area (Å²) >= 11 is 0. The number of benzene rings is 1. The first kappa shape index (κ1) is 24.3. The number of hydrogen-bond donors (Lipinski definition) is 3. The number of amides is 2. The number of ether oxygens (including phenoxy) is 2. The fourth-order valence-corrected chi connectivity index (χ4v) is 3.07. The number of hydrogen-bond acceptors (Lipinski definition) is 8. The van der Waals surface area contributed by atoms with Gasteiger partial charge in [0.15, 0.2) is 5.65 Å². The molecule has 3 N–H and O–H groups in total. The standard InChI is InChI=1S/C22H27N9O3/c1-22(2,3)30-21(32)29-19-17(13-8-15(33-4)11-16(9-13)34-5)10-14-12-25-20(28-18(14)27-19)24-6-7-26-31-23/h8-12H,6-7H2,1-5H3,(H3,24,25,27,28,29,30,32). The van der Waals surface area contributed by atoms with E-state index in [2.05, 4.69) is 40.9 Å². The summed E-state index contributed by atoms with van der Waals surface area (Å²) in [6, 6.07) is 6.84. The molecule has 0 aliphatic rings. The molecule has 0 aliphatic carbocycles. The van der Waals surface area contributed by atoms with E-state index in [9.17, 15) is 4.79 Å². The number of fused-ring (bicyclic) bond motifs is 1. The molecule has 0 saturated heterocycles. The Morgan fingerprint density at radius 1 is 1.12 bits per heavy atom. The molecule has 0 radical (unpaired) electrons. The van der Waals surface area contributed by atoms with Gasteiger partial charge in [-0.2, -0.15) is 4.98 Å². The van der Waals surface area contributed by atoms with E-state index >= 15 is 0 Å². The summed E-state index contributed by atoms with van der Waals surface area (Å²) in [6.07, 6.45) is 1.63. The van der Waals surface area contributed by atoms with Crippen LogP contribution < -0.4 is 25.4 Å². The van der Waals surface area contributed by atoms with Crippen LogP contribution in [0.2, 0.25) is 0 Å². The number of methoxy groups -OCH3 is 2. The predicted molar refractivity (Wildman–Crippen MR) is 130 cm³/mol. The second-order valence-corrected chi connectivity index (χ2v) is 8.30. The third-order valence-electron chi connectivity index (χ3n) is 4.51. The van der Waals surface area contributed by atoms with Crippen LogP contribution >= 0.6 is 0 Å². The van der Waals surface area contributed by atoms with Crippen molar-refractivity contribution >= 4 is 28.8 Å². The van der Waals surface area contributed by atoms with Crippen LogP contribution in [0.1, 0.15) is 20.8 Å². The van der Waals surface area contributed by atoms with Gasteiger partial charge in [-0.05, 0) is 50.1 Å². The Morgan fingerprint density at radius 3 is 2.44 bits per heavy atom. The monoisotopic (exact) mass is 465 g/mol. The highest BCUT2D eigenvalue weighted by Gasteiger charge is 2.18. The van der Waals surface area contributed by atoms with Crippen molar-refractivity contribution in [3.05, 3.63) is 40.9 Å². The Bertz CT molecular complexity index is 1210. The van der Waals surface area contributed by atoms with Crippen LogP contribution in [0.3, 0.4) is 0 Å². The minimum absolute atomic E-state index is 0.252. The minimum Gasteiger partial charge on any atom is -0.497 e. The molecule has 3 aromatic rings. The first-order valence-electron chi connectivity index (χ1n) is 10.5. The highest BCUT2D eigenvalue weighted by Crippen LogP contribution is 2.35. The summed E-state index contributed by atoms with van der Waals surface area (Å²) in [6.45, 7) is 6.28. The largest absolute Gasteiger partial charge is 0.497 e. The fourth-order valence-electron chi connectivity index (χ4n) is 3.07. The van der Waals surface area contributed by atoms with Crippen molar-refractivity contribution in [3.63, 3.8) is 0 Å². The zero-order valence-corrected chi connectivity index (χ0v) is 19.7. The van der Waals surface area contributed by atoms with Gasteiger partial charge in [0.25, 0.3) is 0 Å². The molecule has 0 unspecified atom stereocenters. The van der Waals surface area contributed by atoms with E-state index < -0.39 is 11.6 Å². The molecule has 2 amide bonds. The number of nitrogens with zero attached hydrogens (tertiary/aromatic N) is 6. The second kappa shape index (κ2) is 10.5. The number of carbonyl (C=O) groups is 1. The van der Waals surface area contributed by atoms with Gasteiger partial charge in [0.1, 0.15) is 17.3 Å². The van der Waals surface area contributed by atoms with Crippen molar-refractivity contribution in [2.45, 2.75) is 26.3 Å². The van der Waals surface area contributed by atoms with Crippen LogP contribution in [0, 0.1) is 0 Å². The van der Waals surface area contributed by atoms with E-state index in [-0.39, 0.29) is 6.54 Å². The molecule has 0 aliphatic heterocycles. The number of nitrogens with one attached hydrogen (secondary N) is 3. The third-order valence-corrected chi connectivity index (χ3v) is 4.51. The van der Waals surface area contributed by atoms with Gasteiger partial charge >= 0.3 is 6.03 Å². The molecule has 178 valence electrons. The Kier molecular flexibility index (Phi) is 7.54. The van der Waals surface area contributed by atoms with Gasteiger partial charge in [-0.3, -0.25) is 5.32 Å². The molecular formula is C22H27N9O3. The molecule has 12 nitrogen and oxygen atoms in total. The van der Waals surface area contributed by atoms with E-state index in [1.54, 1.807) is 26.5 Å². The van der Waals surface area contributed by atoms with E-state index in [1.807, 2.05) is 39.0 Å². The highest BCUT2D eigenvalue weighted by molar-refractivity contribution is 5.96. The van der Waals surface area contributed by atoms with Crippen LogP contribution in [-0.2, 0) is 0 Å². The van der Waals surface area contributed by atoms with Gasteiger partial charge in [-0.25, -0.2) is 14.8 Å². The van der Waals surface area contributed by atoms with Crippen molar-refractivity contribution in [1.29, 1.82) is 0 Å². The number of rotatable bonds is 8. The number of urea groups is 1. The molecule has 0 saturated carbocycles. The van der Waals surface area contributed by atoms with Gasteiger partial charge in [0.2, 0.25) is 5.95 Å². The van der Waals surface area contributed by atoms with E-state index in [4.69, 9.17) is 15.0 Å². The number of azide groups is 1. The predicted octanol–water partition coefficient (Wildman–Crippen LogP) is 4.35. The topological polar surface area (TPSA) is 159 Å². The van der Waals surface area contributed by atoms with Crippen molar-refractivity contribution in [3.8, 4) is 22.6 Å². The maximum atomic E-state index is 12.7. The van der Waals surface area contributed by atoms with E-state index in [1.165, 1.54) is 0 Å². The lowest BCUT2D eigenvalue weighted by atomic mass is 10.0. The Hall–Kier alpha value is -4.31. The molecule has 0 fully saturated rings. The second-order valence-electron chi connectivity index (χ2n) is 8.30. The Labute approximate surface area is 196 Å². The van der Waals surface area contributed by atoms with Gasteiger partial charge in [-0.15, -0.1) is 0 Å². The lowest BCUT2D eigenvalue weighted by Crippen LogP contribution is -2.43. The molecule has 2 heterocycles. The van der Waals surface area contributed by atoms with Crippen molar-refractivity contribution in [2.24, 2.45) is 5.11 Å². The van der Waals surface area contributed by atoms with E-state index in [0.29, 0.717) is 46.4 Å². The molecule has 0 bridgehead atoms. The summed E-state index contributed by atoms with van der Waals surface area (Å²) in [5.74, 6) is 1.82. The lowest BCUT2D eigenvalue weighted by molar-refractivity contribution is 0.243. The SMILES string of the molecule is COc1cc(OC)cc(-c2cc3cnc(NCCN=[N+]=[N-])nc3nc2NC(=O)NC(C)(C)C)c1. The maximum Gasteiger partial charge on any atom is 0.320 e. The molecule has 34 heavy (non-hydrogen) atoms. The van der Waals surface area contributed by atoms with Crippen LogP contribution in [-0.4, -0.2) is 53.8 Å². The summed E-state index contributed by atoms with van der Waals surface area (Å²) in [7, 11) is 3.13. The summed E-state index contributed by atoms with van der Waals surface area (Å²) in [5.41, 5.74) is 9.71. The molecule has 0 spiro atoms. The van der Waals surface area contributed by atoms with Crippen molar-refractivity contribution in [2.75, 3.05) is 37.9 Å². The van der Waals surface area contributed by atoms with Crippen LogP contribution in [0.5, 0.6) is 11.5 Å². The number of anilines is 2. The highest BCUT2D eigenvalue weighted by atomic mass is 16.5. The number of carbonyl (C=O) groups excluding carboxylic acids is 1. The average molecular weight is 466 g/mol. The normalized spacial score (nSPS) is 10.9.